The summed E-state index contributed by atoms with van der Waals surface area (Å²) in [5.41, 5.74) is 3.24. The second-order valence-electron chi connectivity index (χ2n) is 7.94. The maximum atomic E-state index is 13.2. The van der Waals surface area contributed by atoms with E-state index in [0.29, 0.717) is 12.1 Å². The molecular weight excluding hydrogens is 340 g/mol. The predicted molar refractivity (Wildman–Crippen MR) is 104 cm³/mol. The summed E-state index contributed by atoms with van der Waals surface area (Å²) in [6, 6.07) is 8.09. The number of amides is 1. The van der Waals surface area contributed by atoms with E-state index in [4.69, 9.17) is 5.10 Å². The molecular formula is C20H26N6O. The second-order valence-corrected chi connectivity index (χ2v) is 7.94. The van der Waals surface area contributed by atoms with Crippen molar-refractivity contribution in [1.29, 1.82) is 0 Å². The van der Waals surface area contributed by atoms with Crippen LogP contribution in [0, 0.1) is 6.92 Å². The largest absolute Gasteiger partial charge is 0.334 e. The number of hydrogen-bond donors (Lipinski definition) is 0. The molecule has 3 rings (SSSR count). The molecule has 2 heterocycles. The SMILES string of the molecule is Cc1ccc(-n2cc(C(=O)N(C)Cc3nncn3C)c(C(C)(C)C)n2)cc1. The van der Waals surface area contributed by atoms with Crippen LogP contribution in [-0.4, -0.2) is 42.4 Å². The number of nitrogens with zero attached hydrogens (tertiary/aromatic N) is 6. The fraction of sp³-hybridized carbons (Fsp3) is 0.400. The van der Waals surface area contributed by atoms with E-state index in [0.717, 1.165) is 17.2 Å². The van der Waals surface area contributed by atoms with E-state index >= 15 is 0 Å². The van der Waals surface area contributed by atoms with Gasteiger partial charge in [0.1, 0.15) is 6.33 Å². The Morgan fingerprint density at radius 1 is 1.19 bits per heavy atom. The summed E-state index contributed by atoms with van der Waals surface area (Å²) in [4.78, 5) is 14.8. The van der Waals surface area contributed by atoms with Crippen molar-refractivity contribution >= 4 is 5.91 Å². The Bertz CT molecular complexity index is 946. The van der Waals surface area contributed by atoms with Crippen LogP contribution in [0.1, 0.15) is 48.2 Å². The first-order valence-electron chi connectivity index (χ1n) is 8.92. The summed E-state index contributed by atoms with van der Waals surface area (Å²) < 4.78 is 3.59. The fourth-order valence-electron chi connectivity index (χ4n) is 2.85. The molecule has 7 nitrogen and oxygen atoms in total. The van der Waals surface area contributed by atoms with Crippen molar-refractivity contribution in [2.24, 2.45) is 7.05 Å². The third kappa shape index (κ3) is 3.92. The minimum absolute atomic E-state index is 0.0821. The highest BCUT2D eigenvalue weighted by atomic mass is 16.2. The average Bonchev–Trinajstić information content (AvgIpc) is 3.21. The van der Waals surface area contributed by atoms with Crippen LogP contribution in [0.5, 0.6) is 0 Å². The Kier molecular flexibility index (Phi) is 4.87. The molecule has 0 saturated carbocycles. The molecule has 27 heavy (non-hydrogen) atoms. The van der Waals surface area contributed by atoms with Gasteiger partial charge < -0.3 is 9.47 Å². The topological polar surface area (TPSA) is 68.8 Å². The number of hydrogen-bond acceptors (Lipinski definition) is 4. The van der Waals surface area contributed by atoms with Gasteiger partial charge in [0.25, 0.3) is 5.91 Å². The van der Waals surface area contributed by atoms with Gasteiger partial charge in [-0.2, -0.15) is 5.10 Å². The number of rotatable bonds is 4. The molecule has 2 aromatic heterocycles. The van der Waals surface area contributed by atoms with Gasteiger partial charge in [-0.15, -0.1) is 10.2 Å². The predicted octanol–water partition coefficient (Wildman–Crippen LogP) is 2.88. The second kappa shape index (κ2) is 6.98. The van der Waals surface area contributed by atoms with Gasteiger partial charge in [0.15, 0.2) is 5.82 Å². The molecule has 0 N–H and O–H groups in total. The van der Waals surface area contributed by atoms with E-state index < -0.39 is 0 Å². The zero-order chi connectivity index (χ0) is 19.8. The van der Waals surface area contributed by atoms with Crippen molar-refractivity contribution in [2.75, 3.05) is 7.05 Å². The lowest BCUT2D eigenvalue weighted by Crippen LogP contribution is -2.29. The van der Waals surface area contributed by atoms with Gasteiger partial charge in [0, 0.05) is 25.7 Å². The minimum Gasteiger partial charge on any atom is -0.334 e. The summed E-state index contributed by atoms with van der Waals surface area (Å²) >= 11 is 0. The lowest BCUT2D eigenvalue weighted by atomic mass is 9.89. The first-order valence-corrected chi connectivity index (χ1v) is 8.92. The third-order valence-corrected chi connectivity index (χ3v) is 4.48. The van der Waals surface area contributed by atoms with Gasteiger partial charge in [-0.25, -0.2) is 4.68 Å². The average molecular weight is 366 g/mol. The molecule has 0 bridgehead atoms. The smallest absolute Gasteiger partial charge is 0.257 e. The van der Waals surface area contributed by atoms with E-state index in [1.165, 1.54) is 5.56 Å². The van der Waals surface area contributed by atoms with Crippen molar-refractivity contribution < 1.29 is 4.79 Å². The Labute approximate surface area is 159 Å². The number of carbonyl (C=O) groups is 1. The monoisotopic (exact) mass is 366 g/mol. The van der Waals surface area contributed by atoms with Crippen molar-refractivity contribution in [2.45, 2.75) is 39.7 Å². The van der Waals surface area contributed by atoms with Crippen LogP contribution in [0.15, 0.2) is 36.8 Å². The molecule has 0 aliphatic rings. The Morgan fingerprint density at radius 2 is 1.85 bits per heavy atom. The van der Waals surface area contributed by atoms with Gasteiger partial charge in [-0.05, 0) is 19.1 Å². The summed E-state index contributed by atoms with van der Waals surface area (Å²) in [5, 5.41) is 12.7. The minimum atomic E-state index is -0.257. The van der Waals surface area contributed by atoms with Crippen molar-refractivity contribution in [3.8, 4) is 5.69 Å². The third-order valence-electron chi connectivity index (χ3n) is 4.48. The molecule has 0 aliphatic carbocycles. The van der Waals surface area contributed by atoms with Crippen LogP contribution in [0.2, 0.25) is 0 Å². The molecule has 7 heteroatoms. The van der Waals surface area contributed by atoms with E-state index in [2.05, 4.69) is 31.0 Å². The molecule has 0 spiro atoms. The highest BCUT2D eigenvalue weighted by molar-refractivity contribution is 5.95. The summed E-state index contributed by atoms with van der Waals surface area (Å²) in [5.74, 6) is 0.648. The van der Waals surface area contributed by atoms with Crippen LogP contribution in [0.25, 0.3) is 5.69 Å². The summed E-state index contributed by atoms with van der Waals surface area (Å²) in [7, 11) is 3.64. The van der Waals surface area contributed by atoms with Crippen molar-refractivity contribution in [1.82, 2.24) is 29.4 Å². The zero-order valence-corrected chi connectivity index (χ0v) is 16.8. The molecule has 1 amide bonds. The van der Waals surface area contributed by atoms with Crippen LogP contribution >= 0.6 is 0 Å². The molecule has 1 aromatic carbocycles. The molecule has 142 valence electrons. The summed E-state index contributed by atoms with van der Waals surface area (Å²) in [6.45, 7) is 8.62. The van der Waals surface area contributed by atoms with Gasteiger partial charge in [0.2, 0.25) is 0 Å². The Hall–Kier alpha value is -2.96. The van der Waals surface area contributed by atoms with Gasteiger partial charge in [-0.3, -0.25) is 4.79 Å². The fourth-order valence-corrected chi connectivity index (χ4v) is 2.85. The maximum Gasteiger partial charge on any atom is 0.257 e. The van der Waals surface area contributed by atoms with E-state index in [-0.39, 0.29) is 11.3 Å². The van der Waals surface area contributed by atoms with Gasteiger partial charge in [0.05, 0.1) is 23.5 Å². The van der Waals surface area contributed by atoms with Crippen molar-refractivity contribution in [3.63, 3.8) is 0 Å². The Morgan fingerprint density at radius 3 is 2.41 bits per heavy atom. The maximum absolute atomic E-state index is 13.2. The molecule has 0 aliphatic heterocycles. The number of benzene rings is 1. The molecule has 3 aromatic rings. The van der Waals surface area contributed by atoms with E-state index in [1.807, 2.05) is 49.0 Å². The van der Waals surface area contributed by atoms with Crippen LogP contribution in [0.3, 0.4) is 0 Å². The number of aryl methyl sites for hydroxylation is 2. The first-order chi connectivity index (χ1) is 12.7. The molecule has 0 unspecified atom stereocenters. The van der Waals surface area contributed by atoms with Crippen LogP contribution in [-0.2, 0) is 19.0 Å². The lowest BCUT2D eigenvalue weighted by molar-refractivity contribution is 0.0778. The molecule has 0 radical (unpaired) electrons. The lowest BCUT2D eigenvalue weighted by Gasteiger charge is -2.20. The van der Waals surface area contributed by atoms with Crippen molar-refractivity contribution in [3.05, 3.63) is 59.4 Å². The summed E-state index contributed by atoms with van der Waals surface area (Å²) in [6.07, 6.45) is 3.45. The highest BCUT2D eigenvalue weighted by Gasteiger charge is 2.28. The van der Waals surface area contributed by atoms with Gasteiger partial charge >= 0.3 is 0 Å². The van der Waals surface area contributed by atoms with Crippen LogP contribution < -0.4 is 0 Å². The van der Waals surface area contributed by atoms with Crippen LogP contribution in [0.4, 0.5) is 0 Å². The highest BCUT2D eigenvalue weighted by Crippen LogP contribution is 2.27. The normalized spacial score (nSPS) is 11.6. The van der Waals surface area contributed by atoms with E-state index in [9.17, 15) is 4.79 Å². The molecule has 0 atom stereocenters. The number of aromatic nitrogens is 5. The Balaban J connectivity index is 1.96. The standard InChI is InChI=1S/C20H26N6O/c1-14-7-9-15(10-8-14)26-11-16(18(23-26)20(2,3)4)19(27)24(5)12-17-22-21-13-25(17)6/h7-11,13H,12H2,1-6H3. The molecule has 0 saturated heterocycles. The van der Waals surface area contributed by atoms with Gasteiger partial charge in [-0.1, -0.05) is 38.5 Å². The molecule has 0 fully saturated rings. The van der Waals surface area contributed by atoms with E-state index in [1.54, 1.807) is 23.0 Å². The zero-order valence-electron chi connectivity index (χ0n) is 16.8. The quantitative estimate of drug-likeness (QED) is 0.712. The first kappa shape index (κ1) is 18.8. The number of carbonyl (C=O) groups excluding carboxylic acids is 1.